The summed E-state index contributed by atoms with van der Waals surface area (Å²) in [5, 5.41) is 13.8. The molecular formula is C9H19N3O3. The third-order valence-corrected chi connectivity index (χ3v) is 1.83. The number of ether oxygens (including phenoxy) is 1. The number of amidine groups is 1. The van der Waals surface area contributed by atoms with E-state index in [1.807, 2.05) is 6.92 Å². The molecule has 0 saturated heterocycles. The summed E-state index contributed by atoms with van der Waals surface area (Å²) in [6.45, 7) is 4.78. The van der Waals surface area contributed by atoms with Crippen LogP contribution in [0.15, 0.2) is 5.16 Å². The third kappa shape index (κ3) is 6.73. The van der Waals surface area contributed by atoms with Gasteiger partial charge in [-0.15, -0.1) is 0 Å². The summed E-state index contributed by atoms with van der Waals surface area (Å²) in [7, 11) is 0. The average Bonchev–Trinajstić information content (AvgIpc) is 2.23. The highest BCUT2D eigenvalue weighted by atomic mass is 16.5. The minimum absolute atomic E-state index is 0.00634. The van der Waals surface area contributed by atoms with Crippen molar-refractivity contribution in [3.8, 4) is 0 Å². The maximum absolute atomic E-state index is 11.3. The fraction of sp³-hybridized carbons (Fsp3) is 0.778. The fourth-order valence-electron chi connectivity index (χ4n) is 0.953. The van der Waals surface area contributed by atoms with Crippen LogP contribution in [0, 0.1) is 0 Å². The number of hydrogen-bond donors (Lipinski definition) is 3. The van der Waals surface area contributed by atoms with Crippen molar-refractivity contribution in [3.63, 3.8) is 0 Å². The molecule has 0 aromatic rings. The van der Waals surface area contributed by atoms with E-state index >= 15 is 0 Å². The van der Waals surface area contributed by atoms with Crippen LogP contribution in [0.5, 0.6) is 0 Å². The summed E-state index contributed by atoms with van der Waals surface area (Å²) in [5.74, 6) is -0.137. The number of oxime groups is 1. The molecule has 1 atom stereocenters. The monoisotopic (exact) mass is 217 g/mol. The lowest BCUT2D eigenvalue weighted by Crippen LogP contribution is -2.42. The van der Waals surface area contributed by atoms with Gasteiger partial charge in [-0.1, -0.05) is 5.16 Å². The van der Waals surface area contributed by atoms with Gasteiger partial charge >= 0.3 is 0 Å². The molecule has 0 aromatic heterocycles. The summed E-state index contributed by atoms with van der Waals surface area (Å²) >= 11 is 0. The molecule has 0 fully saturated rings. The fourth-order valence-corrected chi connectivity index (χ4v) is 0.953. The number of carbonyl (C=O) groups excluding carboxylic acids is 1. The van der Waals surface area contributed by atoms with Gasteiger partial charge < -0.3 is 21.0 Å². The first kappa shape index (κ1) is 13.7. The van der Waals surface area contributed by atoms with Crippen LogP contribution < -0.4 is 11.1 Å². The average molecular weight is 217 g/mol. The first-order chi connectivity index (χ1) is 7.11. The maximum atomic E-state index is 11.3. The van der Waals surface area contributed by atoms with Gasteiger partial charge in [-0.05, 0) is 20.3 Å². The largest absolute Gasteiger partial charge is 0.409 e. The quantitative estimate of drug-likeness (QED) is 0.184. The Balaban J connectivity index is 3.65. The van der Waals surface area contributed by atoms with Gasteiger partial charge in [0.1, 0.15) is 0 Å². The highest BCUT2D eigenvalue weighted by Gasteiger charge is 2.10. The minimum Gasteiger partial charge on any atom is -0.409 e. The smallest absolute Gasteiger partial charge is 0.220 e. The second-order valence-electron chi connectivity index (χ2n) is 3.11. The van der Waals surface area contributed by atoms with E-state index in [0.717, 1.165) is 0 Å². The molecule has 15 heavy (non-hydrogen) atoms. The second kappa shape index (κ2) is 8.05. The van der Waals surface area contributed by atoms with Gasteiger partial charge in [0, 0.05) is 19.6 Å². The summed E-state index contributed by atoms with van der Waals surface area (Å²) in [6.07, 6.45) is 1.05. The van der Waals surface area contributed by atoms with E-state index in [-0.39, 0.29) is 11.7 Å². The summed E-state index contributed by atoms with van der Waals surface area (Å²) < 4.78 is 5.09. The minimum atomic E-state index is -0.449. The number of nitrogens with one attached hydrogen (secondary N) is 1. The van der Waals surface area contributed by atoms with Gasteiger partial charge in [0.2, 0.25) is 5.91 Å². The van der Waals surface area contributed by atoms with Crippen molar-refractivity contribution in [3.05, 3.63) is 0 Å². The zero-order valence-corrected chi connectivity index (χ0v) is 9.19. The van der Waals surface area contributed by atoms with Crippen LogP contribution in [-0.4, -0.2) is 36.2 Å². The highest BCUT2D eigenvalue weighted by Crippen LogP contribution is 1.92. The molecule has 88 valence electrons. The van der Waals surface area contributed by atoms with E-state index in [2.05, 4.69) is 10.5 Å². The molecule has 0 rings (SSSR count). The van der Waals surface area contributed by atoms with Crippen LogP contribution in [0.3, 0.4) is 0 Å². The Hall–Kier alpha value is -1.30. The van der Waals surface area contributed by atoms with E-state index in [1.54, 1.807) is 6.92 Å². The number of amides is 1. The van der Waals surface area contributed by atoms with E-state index in [1.165, 1.54) is 0 Å². The molecule has 0 bridgehead atoms. The van der Waals surface area contributed by atoms with Crippen molar-refractivity contribution < 1.29 is 14.7 Å². The standard InChI is InChI=1S/C9H19N3O3/c1-3-15-6-4-5-8(13)11-7(2)9(10)12-14/h7,14H,3-6H2,1-2H3,(H2,10,12)(H,11,13). The van der Waals surface area contributed by atoms with E-state index in [9.17, 15) is 4.79 Å². The lowest BCUT2D eigenvalue weighted by molar-refractivity contribution is -0.121. The molecule has 1 unspecified atom stereocenters. The van der Waals surface area contributed by atoms with Crippen LogP contribution in [0.1, 0.15) is 26.7 Å². The number of rotatable bonds is 7. The van der Waals surface area contributed by atoms with E-state index < -0.39 is 6.04 Å². The van der Waals surface area contributed by atoms with Gasteiger partial charge in [0.25, 0.3) is 0 Å². The molecule has 4 N–H and O–H groups in total. The predicted octanol–water partition coefficient (Wildman–Crippen LogP) is 0.0542. The van der Waals surface area contributed by atoms with Crippen molar-refractivity contribution in [2.45, 2.75) is 32.7 Å². The van der Waals surface area contributed by atoms with E-state index in [4.69, 9.17) is 15.7 Å². The Kier molecular flexibility index (Phi) is 7.35. The summed E-state index contributed by atoms with van der Waals surface area (Å²) in [4.78, 5) is 11.3. The van der Waals surface area contributed by atoms with Crippen LogP contribution in [0.4, 0.5) is 0 Å². The van der Waals surface area contributed by atoms with Crippen molar-refractivity contribution in [2.75, 3.05) is 13.2 Å². The summed E-state index contributed by atoms with van der Waals surface area (Å²) in [5.41, 5.74) is 5.30. The molecular weight excluding hydrogens is 198 g/mol. The molecule has 0 spiro atoms. The van der Waals surface area contributed by atoms with Gasteiger partial charge in [0.15, 0.2) is 5.84 Å². The second-order valence-corrected chi connectivity index (χ2v) is 3.11. The topological polar surface area (TPSA) is 96.9 Å². The highest BCUT2D eigenvalue weighted by molar-refractivity contribution is 5.89. The molecule has 1 amide bonds. The van der Waals surface area contributed by atoms with Crippen molar-refractivity contribution in [1.82, 2.24) is 5.32 Å². The zero-order chi connectivity index (χ0) is 11.7. The number of hydrogen-bond acceptors (Lipinski definition) is 4. The molecule has 0 aliphatic heterocycles. The molecule has 0 radical (unpaired) electrons. The Bertz CT molecular complexity index is 219. The number of carbonyl (C=O) groups is 1. The third-order valence-electron chi connectivity index (χ3n) is 1.83. The van der Waals surface area contributed by atoms with E-state index in [0.29, 0.717) is 26.1 Å². The Morgan fingerprint density at radius 2 is 2.33 bits per heavy atom. The van der Waals surface area contributed by atoms with Crippen LogP contribution >= 0.6 is 0 Å². The van der Waals surface area contributed by atoms with Crippen molar-refractivity contribution in [1.29, 1.82) is 0 Å². The van der Waals surface area contributed by atoms with Gasteiger partial charge in [-0.25, -0.2) is 0 Å². The maximum Gasteiger partial charge on any atom is 0.220 e. The molecule has 0 heterocycles. The lowest BCUT2D eigenvalue weighted by Gasteiger charge is -2.11. The number of nitrogens with zero attached hydrogens (tertiary/aromatic N) is 1. The normalized spacial score (nSPS) is 13.6. The van der Waals surface area contributed by atoms with Gasteiger partial charge in [-0.3, -0.25) is 4.79 Å². The zero-order valence-electron chi connectivity index (χ0n) is 9.19. The molecule has 6 nitrogen and oxygen atoms in total. The Morgan fingerprint density at radius 3 is 2.87 bits per heavy atom. The Morgan fingerprint density at radius 1 is 1.67 bits per heavy atom. The lowest BCUT2D eigenvalue weighted by atomic mass is 10.2. The Labute approximate surface area is 89.5 Å². The summed E-state index contributed by atoms with van der Waals surface area (Å²) in [6, 6.07) is -0.449. The first-order valence-electron chi connectivity index (χ1n) is 4.96. The molecule has 0 aliphatic rings. The SMILES string of the molecule is CCOCCCC(=O)NC(C)C(N)=NO. The van der Waals surface area contributed by atoms with Gasteiger partial charge in [-0.2, -0.15) is 0 Å². The molecule has 0 saturated carbocycles. The van der Waals surface area contributed by atoms with Crippen LogP contribution in [-0.2, 0) is 9.53 Å². The van der Waals surface area contributed by atoms with Crippen molar-refractivity contribution in [2.24, 2.45) is 10.9 Å². The van der Waals surface area contributed by atoms with Crippen LogP contribution in [0.2, 0.25) is 0 Å². The molecule has 6 heteroatoms. The van der Waals surface area contributed by atoms with Gasteiger partial charge in [0.05, 0.1) is 6.04 Å². The number of nitrogens with two attached hydrogens (primary N) is 1. The van der Waals surface area contributed by atoms with Crippen molar-refractivity contribution >= 4 is 11.7 Å². The molecule has 0 aliphatic carbocycles. The predicted molar refractivity (Wildman–Crippen MR) is 56.7 cm³/mol. The molecule has 0 aromatic carbocycles. The van der Waals surface area contributed by atoms with Crippen LogP contribution in [0.25, 0.3) is 0 Å². The first-order valence-corrected chi connectivity index (χ1v) is 4.96.